The Morgan fingerprint density at radius 1 is 0.694 bits per heavy atom. The van der Waals surface area contributed by atoms with Crippen LogP contribution in [-0.4, -0.2) is 18.0 Å². The van der Waals surface area contributed by atoms with Crippen molar-refractivity contribution in [2.45, 2.75) is 19.6 Å². The normalized spacial score (nSPS) is 11.0. The molecule has 3 aromatic carbocycles. The summed E-state index contributed by atoms with van der Waals surface area (Å²) in [6.45, 7) is 7.06. The minimum absolute atomic E-state index is 0. The second-order valence-corrected chi connectivity index (χ2v) is 14.4. The van der Waals surface area contributed by atoms with Gasteiger partial charge in [-0.25, -0.2) is 0 Å². The van der Waals surface area contributed by atoms with E-state index in [-0.39, 0.29) is 20.1 Å². The van der Waals surface area contributed by atoms with Crippen LogP contribution in [0.5, 0.6) is 0 Å². The summed E-state index contributed by atoms with van der Waals surface area (Å²) in [5.41, 5.74) is 5.85. The Hall–Kier alpha value is -3.37. The zero-order chi connectivity index (χ0) is 24.3. The van der Waals surface area contributed by atoms with Gasteiger partial charge in [0.2, 0.25) is 0 Å². The van der Waals surface area contributed by atoms with Crippen molar-refractivity contribution in [1.82, 2.24) is 9.97 Å². The van der Waals surface area contributed by atoms with E-state index in [2.05, 4.69) is 66.0 Å². The summed E-state index contributed by atoms with van der Waals surface area (Å²) in [6.07, 6.45) is 3.62. The molecule has 0 saturated carbocycles. The third kappa shape index (κ3) is 5.54. The van der Waals surface area contributed by atoms with Crippen LogP contribution in [0.25, 0.3) is 44.5 Å². The van der Waals surface area contributed by atoms with E-state index in [4.69, 9.17) is 4.42 Å². The molecule has 3 nitrogen and oxygen atoms in total. The Morgan fingerprint density at radius 2 is 1.47 bits per heavy atom. The van der Waals surface area contributed by atoms with Crippen molar-refractivity contribution in [3.63, 3.8) is 0 Å². The van der Waals surface area contributed by atoms with Crippen molar-refractivity contribution >= 4 is 35.2 Å². The quantitative estimate of drug-likeness (QED) is 0.145. The second kappa shape index (κ2) is 11.1. The fraction of sp³-hybridized carbons (Fsp3) is 0.0968. The number of fused-ring (bicyclic) bond motifs is 3. The average molecular weight is 663 g/mol. The standard InChI is InChI=1S/C20H18NOSi.C11H8N.Ir/c1-23(2,3)20-11-7-5-9-15(20)17-12-16-14-8-4-6-10-18(14)22-19(16)13-21-17;1-2-6-10(7-3-1)11-8-4-5-9-12-11;/h4-8,10-13H,1-3H3;1-6,8-9H;/q2*-1;. The van der Waals surface area contributed by atoms with Gasteiger partial charge in [0.1, 0.15) is 5.58 Å². The van der Waals surface area contributed by atoms with Crippen molar-refractivity contribution in [3.05, 3.63) is 116 Å². The first kappa shape index (κ1) is 25.7. The molecule has 0 amide bonds. The molecule has 6 aromatic rings. The SMILES string of the molecule is C[Si](C)(C)c1ccc[c-]c1-c1cc2c(cn1)oc1ccccc12.[Ir].[c-]1ccccc1-c1ccccn1. The van der Waals surface area contributed by atoms with Gasteiger partial charge in [-0.1, -0.05) is 56.0 Å². The van der Waals surface area contributed by atoms with E-state index >= 15 is 0 Å². The molecular weight excluding hydrogens is 637 g/mol. The predicted octanol–water partition coefficient (Wildman–Crippen LogP) is 7.54. The predicted molar refractivity (Wildman–Crippen MR) is 147 cm³/mol. The Kier molecular flexibility index (Phi) is 7.95. The molecule has 181 valence electrons. The number of pyridine rings is 2. The fourth-order valence-electron chi connectivity index (χ4n) is 4.12. The molecule has 0 aliphatic heterocycles. The Morgan fingerprint density at radius 3 is 2.22 bits per heavy atom. The minimum atomic E-state index is -1.46. The summed E-state index contributed by atoms with van der Waals surface area (Å²) in [5, 5.41) is 3.64. The number of rotatable bonds is 3. The number of benzene rings is 3. The Bertz CT molecular complexity index is 1540. The van der Waals surface area contributed by atoms with Crippen LogP contribution in [0.1, 0.15) is 0 Å². The van der Waals surface area contributed by atoms with Gasteiger partial charge in [-0.3, -0.25) is 0 Å². The second-order valence-electron chi connectivity index (χ2n) is 9.36. The van der Waals surface area contributed by atoms with Gasteiger partial charge in [-0.2, -0.15) is 0 Å². The van der Waals surface area contributed by atoms with Gasteiger partial charge in [0.25, 0.3) is 0 Å². The average Bonchev–Trinajstić information content (AvgIpc) is 3.28. The van der Waals surface area contributed by atoms with E-state index in [0.29, 0.717) is 0 Å². The number of furan rings is 1. The Balaban J connectivity index is 0.000000198. The first-order valence-electron chi connectivity index (χ1n) is 11.7. The maximum Gasteiger partial charge on any atom is 0.151 e. The number of aromatic nitrogens is 2. The van der Waals surface area contributed by atoms with Crippen LogP contribution in [0.4, 0.5) is 0 Å². The van der Waals surface area contributed by atoms with Crippen molar-refractivity contribution < 1.29 is 24.5 Å². The van der Waals surface area contributed by atoms with Crippen LogP contribution in [0.15, 0.2) is 108 Å². The van der Waals surface area contributed by atoms with Crippen molar-refractivity contribution in [2.75, 3.05) is 0 Å². The summed E-state index contributed by atoms with van der Waals surface area (Å²) in [4.78, 5) is 8.86. The maximum atomic E-state index is 5.88. The van der Waals surface area contributed by atoms with Gasteiger partial charge in [0.15, 0.2) is 5.58 Å². The molecule has 6 rings (SSSR count). The molecule has 0 N–H and O–H groups in total. The van der Waals surface area contributed by atoms with E-state index < -0.39 is 8.07 Å². The van der Waals surface area contributed by atoms with Gasteiger partial charge in [-0.05, 0) is 23.5 Å². The van der Waals surface area contributed by atoms with E-state index in [1.165, 1.54) is 5.19 Å². The Labute approximate surface area is 226 Å². The number of para-hydroxylation sites is 1. The number of nitrogens with zero attached hydrogens (tertiary/aromatic N) is 2. The van der Waals surface area contributed by atoms with E-state index in [0.717, 1.165) is 44.5 Å². The van der Waals surface area contributed by atoms with Crippen LogP contribution in [0.2, 0.25) is 19.6 Å². The molecule has 3 heterocycles. The molecule has 1 radical (unpaired) electrons. The molecular formula is C31H26IrN2OSi-2. The van der Waals surface area contributed by atoms with E-state index in [1.54, 1.807) is 6.20 Å². The third-order valence-corrected chi connectivity index (χ3v) is 7.87. The first-order valence-corrected chi connectivity index (χ1v) is 15.2. The molecule has 0 aliphatic rings. The van der Waals surface area contributed by atoms with Crippen LogP contribution in [0.3, 0.4) is 0 Å². The van der Waals surface area contributed by atoms with Crippen molar-refractivity contribution in [3.8, 4) is 22.5 Å². The smallest absolute Gasteiger partial charge is 0.151 e. The zero-order valence-electron chi connectivity index (χ0n) is 20.5. The maximum absolute atomic E-state index is 5.88. The van der Waals surface area contributed by atoms with Crippen molar-refractivity contribution in [2.24, 2.45) is 0 Å². The molecule has 0 bridgehead atoms. The summed E-state index contributed by atoms with van der Waals surface area (Å²) >= 11 is 0. The summed E-state index contributed by atoms with van der Waals surface area (Å²) in [6, 6.07) is 36.7. The minimum Gasteiger partial charge on any atom is -0.455 e. The van der Waals surface area contributed by atoms with Gasteiger partial charge < -0.3 is 14.4 Å². The summed E-state index contributed by atoms with van der Waals surface area (Å²) in [7, 11) is -1.46. The molecule has 36 heavy (non-hydrogen) atoms. The largest absolute Gasteiger partial charge is 0.455 e. The summed E-state index contributed by atoms with van der Waals surface area (Å²) in [5.74, 6) is 0. The monoisotopic (exact) mass is 663 g/mol. The van der Waals surface area contributed by atoms with Gasteiger partial charge in [0, 0.05) is 45.1 Å². The zero-order valence-corrected chi connectivity index (χ0v) is 23.8. The van der Waals surface area contributed by atoms with Gasteiger partial charge >= 0.3 is 0 Å². The van der Waals surface area contributed by atoms with E-state index in [1.807, 2.05) is 72.9 Å². The molecule has 0 aliphatic carbocycles. The number of hydrogen-bond donors (Lipinski definition) is 0. The number of hydrogen-bond acceptors (Lipinski definition) is 3. The summed E-state index contributed by atoms with van der Waals surface area (Å²) < 4.78 is 5.88. The molecule has 0 fully saturated rings. The van der Waals surface area contributed by atoms with E-state index in [9.17, 15) is 0 Å². The molecule has 0 saturated heterocycles. The third-order valence-electron chi connectivity index (χ3n) is 5.83. The fourth-order valence-corrected chi connectivity index (χ4v) is 5.66. The first-order chi connectivity index (χ1) is 17.0. The van der Waals surface area contributed by atoms with Crippen LogP contribution >= 0.6 is 0 Å². The molecule has 0 spiro atoms. The molecule has 0 atom stereocenters. The molecule has 0 unspecified atom stereocenters. The van der Waals surface area contributed by atoms with Crippen LogP contribution in [0, 0.1) is 12.1 Å². The van der Waals surface area contributed by atoms with Crippen LogP contribution < -0.4 is 5.19 Å². The van der Waals surface area contributed by atoms with Crippen molar-refractivity contribution in [1.29, 1.82) is 0 Å². The topological polar surface area (TPSA) is 38.9 Å². The van der Waals surface area contributed by atoms with Crippen LogP contribution in [-0.2, 0) is 20.1 Å². The molecule has 3 aromatic heterocycles. The van der Waals surface area contributed by atoms with Gasteiger partial charge in [0.05, 0.1) is 6.20 Å². The van der Waals surface area contributed by atoms with Gasteiger partial charge in [-0.15, -0.1) is 70.9 Å². The molecule has 5 heteroatoms.